The van der Waals surface area contributed by atoms with Crippen LogP contribution in [0.2, 0.25) is 0 Å². The van der Waals surface area contributed by atoms with Crippen molar-refractivity contribution >= 4 is 5.69 Å². The van der Waals surface area contributed by atoms with Crippen molar-refractivity contribution in [3.63, 3.8) is 0 Å². The first-order valence-electron chi connectivity index (χ1n) is 7.19. The molecule has 0 spiro atoms. The lowest BCUT2D eigenvalue weighted by molar-refractivity contribution is 0.535. The molecule has 1 aromatic carbocycles. The molecule has 2 aromatic rings. The smallest absolute Gasteiger partial charge is 0.0953 e. The van der Waals surface area contributed by atoms with E-state index in [-0.39, 0.29) is 0 Å². The lowest BCUT2D eigenvalue weighted by atomic mass is 9.98. The molecule has 0 saturated heterocycles. The van der Waals surface area contributed by atoms with Gasteiger partial charge < -0.3 is 9.88 Å². The van der Waals surface area contributed by atoms with Gasteiger partial charge in [0.2, 0.25) is 0 Å². The van der Waals surface area contributed by atoms with Crippen molar-refractivity contribution in [3.8, 4) is 11.3 Å². The summed E-state index contributed by atoms with van der Waals surface area (Å²) in [4.78, 5) is 4.35. The van der Waals surface area contributed by atoms with E-state index in [9.17, 15) is 0 Å². The SMILES string of the molecule is CCC(C)n1cncc1-c1cccc2c1NCCC2. The molecule has 19 heavy (non-hydrogen) atoms. The molecule has 1 aliphatic heterocycles. The maximum Gasteiger partial charge on any atom is 0.0953 e. The van der Waals surface area contributed by atoms with E-state index in [4.69, 9.17) is 0 Å². The van der Waals surface area contributed by atoms with Crippen molar-refractivity contribution in [3.05, 3.63) is 36.3 Å². The van der Waals surface area contributed by atoms with E-state index in [0.717, 1.165) is 13.0 Å². The van der Waals surface area contributed by atoms with Crippen LogP contribution in [-0.2, 0) is 6.42 Å². The van der Waals surface area contributed by atoms with Gasteiger partial charge in [-0.3, -0.25) is 0 Å². The molecule has 3 nitrogen and oxygen atoms in total. The predicted octanol–water partition coefficient (Wildman–Crippen LogP) is 3.88. The second kappa shape index (κ2) is 5.08. The Bertz CT molecular complexity index is 571. The van der Waals surface area contributed by atoms with E-state index in [1.807, 2.05) is 12.5 Å². The number of anilines is 1. The fraction of sp³-hybridized carbons (Fsp3) is 0.438. The summed E-state index contributed by atoms with van der Waals surface area (Å²) in [5.74, 6) is 0. The van der Waals surface area contributed by atoms with Crippen molar-refractivity contribution in [1.29, 1.82) is 0 Å². The molecule has 3 rings (SSSR count). The zero-order chi connectivity index (χ0) is 13.2. The van der Waals surface area contributed by atoms with Crippen LogP contribution in [0.3, 0.4) is 0 Å². The summed E-state index contributed by atoms with van der Waals surface area (Å²) in [7, 11) is 0. The average Bonchev–Trinajstić information content (AvgIpc) is 2.95. The first kappa shape index (κ1) is 12.3. The van der Waals surface area contributed by atoms with Gasteiger partial charge in [0, 0.05) is 23.8 Å². The van der Waals surface area contributed by atoms with Crippen molar-refractivity contribution in [2.75, 3.05) is 11.9 Å². The fourth-order valence-electron chi connectivity index (χ4n) is 2.78. The third kappa shape index (κ3) is 2.14. The Balaban J connectivity index is 2.10. The van der Waals surface area contributed by atoms with E-state index in [2.05, 4.69) is 46.9 Å². The minimum absolute atomic E-state index is 0.483. The van der Waals surface area contributed by atoms with Crippen LogP contribution < -0.4 is 5.32 Å². The second-order valence-electron chi connectivity index (χ2n) is 5.31. The number of hydrogen-bond donors (Lipinski definition) is 1. The number of aryl methyl sites for hydroxylation is 1. The molecule has 1 unspecified atom stereocenters. The normalized spacial score (nSPS) is 15.7. The zero-order valence-electron chi connectivity index (χ0n) is 11.7. The van der Waals surface area contributed by atoms with E-state index >= 15 is 0 Å². The van der Waals surface area contributed by atoms with Gasteiger partial charge in [0.05, 0.1) is 18.2 Å². The van der Waals surface area contributed by atoms with Crippen LogP contribution >= 0.6 is 0 Å². The molecule has 1 N–H and O–H groups in total. The summed E-state index contributed by atoms with van der Waals surface area (Å²) >= 11 is 0. The molecule has 2 heterocycles. The standard InChI is InChI=1S/C16H21N3/c1-3-12(2)19-11-17-10-15(19)14-8-4-6-13-7-5-9-18-16(13)14/h4,6,8,10-12,18H,3,5,7,9H2,1-2H3. The summed E-state index contributed by atoms with van der Waals surface area (Å²) in [6.07, 6.45) is 7.45. The van der Waals surface area contributed by atoms with Crippen molar-refractivity contribution < 1.29 is 0 Å². The van der Waals surface area contributed by atoms with Crippen LogP contribution in [0.4, 0.5) is 5.69 Å². The summed E-state index contributed by atoms with van der Waals surface area (Å²) < 4.78 is 2.28. The summed E-state index contributed by atoms with van der Waals surface area (Å²) in [5.41, 5.74) is 5.25. The molecule has 0 aliphatic carbocycles. The van der Waals surface area contributed by atoms with Crippen LogP contribution in [-0.4, -0.2) is 16.1 Å². The maximum absolute atomic E-state index is 4.35. The van der Waals surface area contributed by atoms with E-state index in [1.54, 1.807) is 0 Å². The number of rotatable bonds is 3. The first-order chi connectivity index (χ1) is 9.31. The topological polar surface area (TPSA) is 29.9 Å². The lowest BCUT2D eigenvalue weighted by Crippen LogP contribution is -2.13. The van der Waals surface area contributed by atoms with E-state index < -0.39 is 0 Å². The van der Waals surface area contributed by atoms with Crippen molar-refractivity contribution in [2.45, 2.75) is 39.2 Å². The molecule has 1 aromatic heterocycles. The molecule has 0 fully saturated rings. The monoisotopic (exact) mass is 255 g/mol. The Morgan fingerprint density at radius 1 is 1.42 bits per heavy atom. The van der Waals surface area contributed by atoms with Gasteiger partial charge in [-0.15, -0.1) is 0 Å². The number of hydrogen-bond acceptors (Lipinski definition) is 2. The van der Waals surface area contributed by atoms with Crippen LogP contribution in [0, 0.1) is 0 Å². The molecule has 0 bridgehead atoms. The summed E-state index contributed by atoms with van der Waals surface area (Å²) in [6.45, 7) is 5.53. The number of nitrogens with one attached hydrogen (secondary N) is 1. The van der Waals surface area contributed by atoms with Gasteiger partial charge in [-0.25, -0.2) is 4.98 Å². The molecule has 100 valence electrons. The molecule has 1 atom stereocenters. The Kier molecular flexibility index (Phi) is 3.28. The van der Waals surface area contributed by atoms with Crippen LogP contribution in [0.15, 0.2) is 30.7 Å². The van der Waals surface area contributed by atoms with Gasteiger partial charge in [0.15, 0.2) is 0 Å². The highest BCUT2D eigenvalue weighted by molar-refractivity contribution is 5.79. The Morgan fingerprint density at radius 2 is 2.32 bits per heavy atom. The Morgan fingerprint density at radius 3 is 3.16 bits per heavy atom. The molecule has 1 aliphatic rings. The van der Waals surface area contributed by atoms with Crippen LogP contribution in [0.1, 0.15) is 38.3 Å². The highest BCUT2D eigenvalue weighted by Crippen LogP contribution is 2.34. The van der Waals surface area contributed by atoms with Crippen molar-refractivity contribution in [1.82, 2.24) is 9.55 Å². The fourth-order valence-corrected chi connectivity index (χ4v) is 2.78. The zero-order valence-corrected chi connectivity index (χ0v) is 11.7. The first-order valence-corrected chi connectivity index (χ1v) is 7.19. The number of aromatic nitrogens is 2. The average molecular weight is 255 g/mol. The van der Waals surface area contributed by atoms with Crippen molar-refractivity contribution in [2.24, 2.45) is 0 Å². The lowest BCUT2D eigenvalue weighted by Gasteiger charge is -2.23. The van der Waals surface area contributed by atoms with E-state index in [0.29, 0.717) is 6.04 Å². The van der Waals surface area contributed by atoms with Gasteiger partial charge in [0.1, 0.15) is 0 Å². The van der Waals surface area contributed by atoms with E-state index in [1.165, 1.54) is 35.3 Å². The molecule has 3 heteroatoms. The second-order valence-corrected chi connectivity index (χ2v) is 5.31. The minimum atomic E-state index is 0.483. The van der Waals surface area contributed by atoms with Crippen LogP contribution in [0.25, 0.3) is 11.3 Å². The minimum Gasteiger partial charge on any atom is -0.384 e. The molecule has 0 radical (unpaired) electrons. The summed E-state index contributed by atoms with van der Waals surface area (Å²) in [6, 6.07) is 7.08. The molecule has 0 amide bonds. The van der Waals surface area contributed by atoms with Gasteiger partial charge in [-0.2, -0.15) is 0 Å². The Labute approximate surface area is 114 Å². The molecular weight excluding hydrogens is 234 g/mol. The third-order valence-electron chi connectivity index (χ3n) is 4.08. The van der Waals surface area contributed by atoms with Gasteiger partial charge >= 0.3 is 0 Å². The number of fused-ring (bicyclic) bond motifs is 1. The highest BCUT2D eigenvalue weighted by atomic mass is 15.1. The van der Waals surface area contributed by atoms with Crippen LogP contribution in [0.5, 0.6) is 0 Å². The third-order valence-corrected chi connectivity index (χ3v) is 4.08. The summed E-state index contributed by atoms with van der Waals surface area (Å²) in [5, 5.41) is 3.56. The number of benzene rings is 1. The Hall–Kier alpha value is -1.77. The van der Waals surface area contributed by atoms with Gasteiger partial charge in [-0.05, 0) is 31.7 Å². The number of para-hydroxylation sites is 1. The quantitative estimate of drug-likeness (QED) is 0.902. The largest absolute Gasteiger partial charge is 0.384 e. The maximum atomic E-state index is 4.35. The van der Waals surface area contributed by atoms with Gasteiger partial charge in [0.25, 0.3) is 0 Å². The number of nitrogens with zero attached hydrogens (tertiary/aromatic N) is 2. The molecular formula is C16H21N3. The number of imidazole rings is 1. The molecule has 0 saturated carbocycles. The highest BCUT2D eigenvalue weighted by Gasteiger charge is 2.17. The van der Waals surface area contributed by atoms with Gasteiger partial charge in [-0.1, -0.05) is 25.1 Å². The predicted molar refractivity (Wildman–Crippen MR) is 79.5 cm³/mol.